The Hall–Kier alpha value is -1.88. The third-order valence-electron chi connectivity index (χ3n) is 2.03. The van der Waals surface area contributed by atoms with E-state index in [2.05, 4.69) is 10.2 Å². The second kappa shape index (κ2) is 4.32. The Kier molecular flexibility index (Phi) is 2.87. The first-order chi connectivity index (χ1) is 7.66. The van der Waals surface area contributed by atoms with Crippen LogP contribution in [0, 0.1) is 0 Å². The lowest BCUT2D eigenvalue weighted by molar-refractivity contribution is -0.136. The minimum absolute atomic E-state index is 0.164. The molecule has 2 aromatic rings. The molecule has 0 saturated carbocycles. The Morgan fingerprint density at radius 1 is 1.38 bits per heavy atom. The fourth-order valence-corrected chi connectivity index (χ4v) is 1.46. The Labute approximate surface area is 96.3 Å². The Morgan fingerprint density at radius 2 is 2.06 bits per heavy atom. The van der Waals surface area contributed by atoms with Crippen molar-refractivity contribution in [2.75, 3.05) is 0 Å². The first kappa shape index (κ1) is 10.6. The molecule has 0 atom stereocenters. The summed E-state index contributed by atoms with van der Waals surface area (Å²) in [5.41, 5.74) is 0.783. The number of aromatic nitrogens is 3. The van der Waals surface area contributed by atoms with Crippen molar-refractivity contribution in [3.8, 4) is 5.69 Å². The minimum atomic E-state index is -0.941. The van der Waals surface area contributed by atoms with Crippen molar-refractivity contribution in [2.45, 2.75) is 6.42 Å². The average Bonchev–Trinajstić information content (AvgIpc) is 2.66. The van der Waals surface area contributed by atoms with Gasteiger partial charge in [-0.05, 0) is 24.3 Å². The molecule has 0 aliphatic carbocycles. The van der Waals surface area contributed by atoms with Gasteiger partial charge in [0.05, 0.1) is 0 Å². The van der Waals surface area contributed by atoms with Gasteiger partial charge in [0.2, 0.25) is 0 Å². The highest BCUT2D eigenvalue weighted by atomic mass is 35.5. The summed E-state index contributed by atoms with van der Waals surface area (Å²) in [5.74, 6) is -0.557. The molecule has 1 heterocycles. The molecule has 1 N–H and O–H groups in total. The number of carboxylic acids is 1. The van der Waals surface area contributed by atoms with Gasteiger partial charge in [-0.3, -0.25) is 9.36 Å². The van der Waals surface area contributed by atoms with Crippen LogP contribution in [-0.4, -0.2) is 25.8 Å². The summed E-state index contributed by atoms with van der Waals surface area (Å²) >= 11 is 5.76. The van der Waals surface area contributed by atoms with E-state index in [0.717, 1.165) is 5.69 Å². The first-order valence-electron chi connectivity index (χ1n) is 4.53. The predicted molar refractivity (Wildman–Crippen MR) is 57.7 cm³/mol. The fourth-order valence-electron chi connectivity index (χ4n) is 1.33. The molecule has 16 heavy (non-hydrogen) atoms. The highest BCUT2D eigenvalue weighted by Gasteiger charge is 2.09. The summed E-state index contributed by atoms with van der Waals surface area (Å²) in [6, 6.07) is 7.00. The standard InChI is InChI=1S/C10H8ClN3O2/c11-7-1-3-8(4-2-7)14-6-12-13-9(14)5-10(15)16/h1-4,6H,5H2,(H,15,16). The maximum atomic E-state index is 10.6. The molecule has 1 aromatic heterocycles. The number of hydrogen-bond donors (Lipinski definition) is 1. The normalized spacial score (nSPS) is 10.3. The lowest BCUT2D eigenvalue weighted by Crippen LogP contribution is -2.07. The van der Waals surface area contributed by atoms with Crippen molar-refractivity contribution in [1.29, 1.82) is 0 Å². The molecule has 0 unspecified atom stereocenters. The summed E-state index contributed by atoms with van der Waals surface area (Å²) in [5, 5.41) is 16.8. The van der Waals surface area contributed by atoms with Gasteiger partial charge >= 0.3 is 5.97 Å². The van der Waals surface area contributed by atoms with Crippen LogP contribution < -0.4 is 0 Å². The van der Waals surface area contributed by atoms with Gasteiger partial charge in [-0.25, -0.2) is 0 Å². The van der Waals surface area contributed by atoms with E-state index in [9.17, 15) is 4.79 Å². The van der Waals surface area contributed by atoms with E-state index < -0.39 is 5.97 Å². The molecular weight excluding hydrogens is 230 g/mol. The molecule has 0 aliphatic heterocycles. The van der Waals surface area contributed by atoms with Crippen molar-refractivity contribution in [3.05, 3.63) is 41.4 Å². The average molecular weight is 238 g/mol. The number of carbonyl (C=O) groups is 1. The smallest absolute Gasteiger partial charge is 0.311 e. The molecule has 2 rings (SSSR count). The second-order valence-electron chi connectivity index (χ2n) is 3.16. The number of aliphatic carboxylic acids is 1. The Morgan fingerprint density at radius 3 is 2.69 bits per heavy atom. The molecule has 82 valence electrons. The molecule has 6 heteroatoms. The maximum Gasteiger partial charge on any atom is 0.311 e. The van der Waals surface area contributed by atoms with Crippen LogP contribution in [0.25, 0.3) is 5.69 Å². The molecule has 0 amide bonds. The van der Waals surface area contributed by atoms with Gasteiger partial charge in [0.1, 0.15) is 18.6 Å². The van der Waals surface area contributed by atoms with Crippen LogP contribution in [0.3, 0.4) is 0 Å². The molecule has 0 aliphatic rings. The lowest BCUT2D eigenvalue weighted by Gasteiger charge is -2.04. The van der Waals surface area contributed by atoms with E-state index in [4.69, 9.17) is 16.7 Å². The predicted octanol–water partition coefficient (Wildman–Crippen LogP) is 1.55. The number of rotatable bonds is 3. The Balaban J connectivity index is 2.36. The third-order valence-corrected chi connectivity index (χ3v) is 2.28. The zero-order valence-electron chi connectivity index (χ0n) is 8.17. The number of carboxylic acid groups (broad SMARTS) is 1. The number of benzene rings is 1. The second-order valence-corrected chi connectivity index (χ2v) is 3.60. The highest BCUT2D eigenvalue weighted by Crippen LogP contribution is 2.14. The van der Waals surface area contributed by atoms with Gasteiger partial charge in [0.25, 0.3) is 0 Å². The van der Waals surface area contributed by atoms with Gasteiger partial charge in [-0.1, -0.05) is 11.6 Å². The van der Waals surface area contributed by atoms with Crippen molar-refractivity contribution in [2.24, 2.45) is 0 Å². The summed E-state index contributed by atoms with van der Waals surface area (Å²) in [6.45, 7) is 0. The summed E-state index contributed by atoms with van der Waals surface area (Å²) in [6.07, 6.45) is 1.31. The van der Waals surface area contributed by atoms with Gasteiger partial charge in [0, 0.05) is 10.7 Å². The number of nitrogens with zero attached hydrogens (tertiary/aromatic N) is 3. The number of halogens is 1. The summed E-state index contributed by atoms with van der Waals surface area (Å²) in [7, 11) is 0. The fraction of sp³-hybridized carbons (Fsp3) is 0.100. The van der Waals surface area contributed by atoms with E-state index in [1.165, 1.54) is 6.33 Å². The molecule has 0 radical (unpaired) electrons. The van der Waals surface area contributed by atoms with Gasteiger partial charge in [0.15, 0.2) is 0 Å². The largest absolute Gasteiger partial charge is 0.481 e. The highest BCUT2D eigenvalue weighted by molar-refractivity contribution is 6.30. The van der Waals surface area contributed by atoms with E-state index >= 15 is 0 Å². The van der Waals surface area contributed by atoms with E-state index in [0.29, 0.717) is 10.8 Å². The third kappa shape index (κ3) is 2.20. The van der Waals surface area contributed by atoms with Crippen LogP contribution >= 0.6 is 11.6 Å². The van der Waals surface area contributed by atoms with Gasteiger partial charge in [-0.2, -0.15) is 0 Å². The molecule has 5 nitrogen and oxygen atoms in total. The van der Waals surface area contributed by atoms with Crippen LogP contribution in [0.1, 0.15) is 5.82 Å². The number of hydrogen-bond acceptors (Lipinski definition) is 3. The molecule has 1 aromatic carbocycles. The first-order valence-corrected chi connectivity index (χ1v) is 4.91. The van der Waals surface area contributed by atoms with Crippen molar-refractivity contribution < 1.29 is 9.90 Å². The maximum absolute atomic E-state index is 10.6. The van der Waals surface area contributed by atoms with Gasteiger partial charge < -0.3 is 5.11 Å². The molecular formula is C10H8ClN3O2. The van der Waals surface area contributed by atoms with Crippen molar-refractivity contribution in [3.63, 3.8) is 0 Å². The molecule has 0 saturated heterocycles. The van der Waals surface area contributed by atoms with Crippen LogP contribution in [0.2, 0.25) is 5.02 Å². The lowest BCUT2D eigenvalue weighted by atomic mass is 10.3. The zero-order valence-corrected chi connectivity index (χ0v) is 8.92. The van der Waals surface area contributed by atoms with Crippen LogP contribution in [-0.2, 0) is 11.2 Å². The zero-order chi connectivity index (χ0) is 11.5. The van der Waals surface area contributed by atoms with Crippen molar-refractivity contribution in [1.82, 2.24) is 14.8 Å². The van der Waals surface area contributed by atoms with Crippen LogP contribution in [0.15, 0.2) is 30.6 Å². The van der Waals surface area contributed by atoms with Crippen LogP contribution in [0.5, 0.6) is 0 Å². The monoisotopic (exact) mass is 237 g/mol. The Bertz CT molecular complexity index is 507. The topological polar surface area (TPSA) is 68.0 Å². The molecule has 0 spiro atoms. The molecule has 0 bridgehead atoms. The van der Waals surface area contributed by atoms with Gasteiger partial charge in [-0.15, -0.1) is 10.2 Å². The summed E-state index contributed by atoms with van der Waals surface area (Å²) in [4.78, 5) is 10.6. The van der Waals surface area contributed by atoms with Crippen molar-refractivity contribution >= 4 is 17.6 Å². The van der Waals surface area contributed by atoms with Crippen LogP contribution in [0.4, 0.5) is 0 Å². The van der Waals surface area contributed by atoms with E-state index in [-0.39, 0.29) is 6.42 Å². The molecule has 0 fully saturated rings. The quantitative estimate of drug-likeness (QED) is 0.880. The SMILES string of the molecule is O=C(O)Cc1nncn1-c1ccc(Cl)cc1. The van der Waals surface area contributed by atoms with E-state index in [1.807, 2.05) is 0 Å². The van der Waals surface area contributed by atoms with E-state index in [1.54, 1.807) is 28.8 Å². The summed E-state index contributed by atoms with van der Waals surface area (Å²) < 4.78 is 1.62. The minimum Gasteiger partial charge on any atom is -0.481 e.